The fourth-order valence-corrected chi connectivity index (χ4v) is 10.1. The molecular formula is C72H130O6. The van der Waals surface area contributed by atoms with Crippen LogP contribution >= 0.6 is 0 Å². The third-order valence-electron chi connectivity index (χ3n) is 15.3. The highest BCUT2D eigenvalue weighted by Gasteiger charge is 2.19. The zero-order chi connectivity index (χ0) is 56.4. The lowest BCUT2D eigenvalue weighted by molar-refractivity contribution is -0.167. The molecule has 0 amide bonds. The number of hydrogen-bond acceptors (Lipinski definition) is 6. The van der Waals surface area contributed by atoms with E-state index in [0.717, 1.165) is 89.9 Å². The Kier molecular flexibility index (Phi) is 64.2. The van der Waals surface area contributed by atoms with Gasteiger partial charge in [-0.25, -0.2) is 0 Å². The summed E-state index contributed by atoms with van der Waals surface area (Å²) in [5.74, 6) is -0.859. The van der Waals surface area contributed by atoms with Gasteiger partial charge in [-0.05, 0) is 83.5 Å². The van der Waals surface area contributed by atoms with Crippen molar-refractivity contribution in [3.05, 3.63) is 60.8 Å². The number of carbonyl (C=O) groups excluding carboxylic acids is 3. The van der Waals surface area contributed by atoms with Crippen LogP contribution in [0.1, 0.15) is 361 Å². The van der Waals surface area contributed by atoms with E-state index in [2.05, 4.69) is 81.5 Å². The maximum Gasteiger partial charge on any atom is 0.306 e. The first-order valence-electron chi connectivity index (χ1n) is 34.3. The average molecular weight is 1090 g/mol. The highest BCUT2D eigenvalue weighted by molar-refractivity contribution is 5.71. The Morgan fingerprint density at radius 2 is 0.500 bits per heavy atom. The van der Waals surface area contributed by atoms with E-state index in [1.54, 1.807) is 0 Å². The lowest BCUT2D eigenvalue weighted by Gasteiger charge is -2.18. The monoisotopic (exact) mass is 1090 g/mol. The number of ether oxygens (including phenoxy) is 3. The highest BCUT2D eigenvalue weighted by atomic mass is 16.6. The molecule has 0 aliphatic heterocycles. The Balaban J connectivity index is 4.29. The van der Waals surface area contributed by atoms with Gasteiger partial charge in [0.25, 0.3) is 0 Å². The molecule has 0 N–H and O–H groups in total. The van der Waals surface area contributed by atoms with Crippen LogP contribution in [0, 0.1) is 0 Å². The Morgan fingerprint density at radius 3 is 0.795 bits per heavy atom. The quantitative estimate of drug-likeness (QED) is 0.0261. The van der Waals surface area contributed by atoms with Crippen LogP contribution in [0.4, 0.5) is 0 Å². The van der Waals surface area contributed by atoms with E-state index in [1.807, 2.05) is 0 Å². The molecule has 6 nitrogen and oxygen atoms in total. The van der Waals surface area contributed by atoms with Crippen LogP contribution in [0.15, 0.2) is 60.8 Å². The van der Waals surface area contributed by atoms with Crippen LogP contribution in [-0.4, -0.2) is 37.2 Å². The lowest BCUT2D eigenvalue weighted by atomic mass is 10.0. The topological polar surface area (TPSA) is 78.9 Å². The molecule has 0 saturated carbocycles. The molecule has 1 unspecified atom stereocenters. The van der Waals surface area contributed by atoms with Crippen LogP contribution in [0.3, 0.4) is 0 Å². The molecule has 454 valence electrons. The Labute approximate surface area is 485 Å². The van der Waals surface area contributed by atoms with E-state index in [9.17, 15) is 14.4 Å². The molecule has 0 aromatic heterocycles. The molecule has 0 radical (unpaired) electrons. The summed E-state index contributed by atoms with van der Waals surface area (Å²) in [6.45, 7) is 6.58. The summed E-state index contributed by atoms with van der Waals surface area (Å²) in [5.41, 5.74) is 0. The molecule has 6 heteroatoms. The zero-order valence-electron chi connectivity index (χ0n) is 52.2. The molecule has 0 fully saturated rings. The molecule has 1 atom stereocenters. The first-order valence-corrected chi connectivity index (χ1v) is 34.3. The van der Waals surface area contributed by atoms with Gasteiger partial charge in [-0.2, -0.15) is 0 Å². The number of carbonyl (C=O) groups is 3. The van der Waals surface area contributed by atoms with Gasteiger partial charge < -0.3 is 14.2 Å². The van der Waals surface area contributed by atoms with Gasteiger partial charge >= 0.3 is 17.9 Å². The summed E-state index contributed by atoms with van der Waals surface area (Å²) in [6.07, 6.45) is 85.2. The van der Waals surface area contributed by atoms with Crippen LogP contribution in [0.5, 0.6) is 0 Å². The fourth-order valence-electron chi connectivity index (χ4n) is 10.1. The molecular weight excluding hydrogens is 961 g/mol. The first kappa shape index (κ1) is 75.1. The molecule has 0 aliphatic carbocycles. The van der Waals surface area contributed by atoms with Crippen molar-refractivity contribution in [2.75, 3.05) is 13.2 Å². The van der Waals surface area contributed by atoms with Gasteiger partial charge in [0.15, 0.2) is 6.10 Å². The van der Waals surface area contributed by atoms with Crippen molar-refractivity contribution in [1.82, 2.24) is 0 Å². The van der Waals surface area contributed by atoms with Crippen molar-refractivity contribution < 1.29 is 28.6 Å². The molecule has 78 heavy (non-hydrogen) atoms. The number of hydrogen-bond donors (Lipinski definition) is 0. The van der Waals surface area contributed by atoms with Crippen molar-refractivity contribution in [2.45, 2.75) is 367 Å². The largest absolute Gasteiger partial charge is 0.462 e. The third kappa shape index (κ3) is 63.9. The van der Waals surface area contributed by atoms with Gasteiger partial charge in [0.05, 0.1) is 0 Å². The smallest absolute Gasteiger partial charge is 0.306 e. The molecule has 0 aliphatic rings. The second-order valence-corrected chi connectivity index (χ2v) is 23.1. The van der Waals surface area contributed by atoms with Crippen molar-refractivity contribution in [2.24, 2.45) is 0 Å². The number of allylic oxidation sites excluding steroid dienone is 10. The minimum Gasteiger partial charge on any atom is -0.462 e. The molecule has 0 spiro atoms. The Morgan fingerprint density at radius 1 is 0.269 bits per heavy atom. The number of esters is 3. The predicted octanol–water partition coefficient (Wildman–Crippen LogP) is 23.5. The second-order valence-electron chi connectivity index (χ2n) is 23.1. The average Bonchev–Trinajstić information content (AvgIpc) is 3.44. The summed E-state index contributed by atoms with van der Waals surface area (Å²) in [4.78, 5) is 38.4. The highest BCUT2D eigenvalue weighted by Crippen LogP contribution is 2.18. The van der Waals surface area contributed by atoms with Crippen LogP contribution < -0.4 is 0 Å². The standard InChI is InChI=1S/C72H130O6/c1-4-7-10-13-16-19-22-25-28-30-32-34-35-36-37-39-40-42-44-47-50-53-56-59-62-65-71(74)77-68-69(67-76-70(73)64-61-58-55-52-49-46-27-24-21-18-15-12-9-6-3)78-72(75)66-63-60-57-54-51-48-45-43-41-38-33-31-29-26-23-20-17-14-11-8-5-2/h8,11,17,20,26,29-30,32-33,38,69H,4-7,9-10,12-16,18-19,21-25,27-28,31,34-37,39-68H2,1-3H3/b11-8-,20-17-,29-26-,32-30-,38-33-. The Bertz CT molecular complexity index is 1390. The summed E-state index contributed by atoms with van der Waals surface area (Å²) < 4.78 is 17.0. The van der Waals surface area contributed by atoms with Gasteiger partial charge in [0, 0.05) is 19.3 Å². The molecule has 0 aromatic rings. The zero-order valence-corrected chi connectivity index (χ0v) is 52.2. The van der Waals surface area contributed by atoms with Gasteiger partial charge in [0.2, 0.25) is 0 Å². The number of rotatable bonds is 63. The molecule has 0 rings (SSSR count). The summed E-state index contributed by atoms with van der Waals surface area (Å²) >= 11 is 0. The van der Waals surface area contributed by atoms with E-state index in [1.165, 1.54) is 231 Å². The summed E-state index contributed by atoms with van der Waals surface area (Å²) in [7, 11) is 0. The van der Waals surface area contributed by atoms with E-state index in [0.29, 0.717) is 19.3 Å². The van der Waals surface area contributed by atoms with Crippen molar-refractivity contribution >= 4 is 17.9 Å². The van der Waals surface area contributed by atoms with E-state index in [-0.39, 0.29) is 31.1 Å². The van der Waals surface area contributed by atoms with E-state index in [4.69, 9.17) is 14.2 Å². The van der Waals surface area contributed by atoms with Crippen molar-refractivity contribution in [1.29, 1.82) is 0 Å². The third-order valence-corrected chi connectivity index (χ3v) is 15.3. The normalized spacial score (nSPS) is 12.4. The summed E-state index contributed by atoms with van der Waals surface area (Å²) in [6, 6.07) is 0. The lowest BCUT2D eigenvalue weighted by Crippen LogP contribution is -2.30. The second kappa shape index (κ2) is 66.6. The Hall–Kier alpha value is -2.89. The van der Waals surface area contributed by atoms with Crippen molar-refractivity contribution in [3.8, 4) is 0 Å². The van der Waals surface area contributed by atoms with Gasteiger partial charge in [-0.1, -0.05) is 319 Å². The van der Waals surface area contributed by atoms with Crippen LogP contribution in [-0.2, 0) is 28.6 Å². The minimum absolute atomic E-state index is 0.0733. The molecule has 0 heterocycles. The van der Waals surface area contributed by atoms with Crippen molar-refractivity contribution in [3.63, 3.8) is 0 Å². The van der Waals surface area contributed by atoms with Gasteiger partial charge in [0.1, 0.15) is 13.2 Å². The van der Waals surface area contributed by atoms with Gasteiger partial charge in [-0.15, -0.1) is 0 Å². The van der Waals surface area contributed by atoms with E-state index >= 15 is 0 Å². The minimum atomic E-state index is -0.778. The predicted molar refractivity (Wildman–Crippen MR) is 339 cm³/mol. The first-order chi connectivity index (χ1) is 38.5. The molecule has 0 saturated heterocycles. The van der Waals surface area contributed by atoms with Gasteiger partial charge in [-0.3, -0.25) is 14.4 Å². The van der Waals surface area contributed by atoms with E-state index < -0.39 is 6.10 Å². The maximum absolute atomic E-state index is 12.9. The maximum atomic E-state index is 12.9. The molecule has 0 aromatic carbocycles. The van der Waals surface area contributed by atoms with Crippen LogP contribution in [0.2, 0.25) is 0 Å². The SMILES string of the molecule is CC/C=C\C/C=C\C/C=C\C/C=C\CCCCCCCCCCC(=O)OC(COC(=O)CCCCCCCCCCCCCCCC)COC(=O)CCCCCCCCCCCCCCC/C=C\CCCCCCCCCC. The van der Waals surface area contributed by atoms with Crippen LogP contribution in [0.25, 0.3) is 0 Å². The molecule has 0 bridgehead atoms. The number of unbranched alkanes of at least 4 members (excludes halogenated alkanes) is 42. The fraction of sp³-hybridized carbons (Fsp3) is 0.819. The summed E-state index contributed by atoms with van der Waals surface area (Å²) in [5, 5.41) is 0.